The van der Waals surface area contributed by atoms with Gasteiger partial charge in [-0.2, -0.15) is 0 Å². The largest absolute Gasteiger partial charge is 0.480 e. The number of hydrogen-bond donors (Lipinski definition) is 2. The smallest absolute Gasteiger partial charge is 0.325 e. The lowest BCUT2D eigenvalue weighted by atomic mass is 10.0. The van der Waals surface area contributed by atoms with Gasteiger partial charge in [-0.25, -0.2) is 0 Å². The summed E-state index contributed by atoms with van der Waals surface area (Å²) in [5, 5.41) is 8.97. The van der Waals surface area contributed by atoms with E-state index in [2.05, 4.69) is 11.8 Å². The Morgan fingerprint density at radius 3 is 2.74 bits per heavy atom. The first-order valence-electron chi connectivity index (χ1n) is 6.57. The van der Waals surface area contributed by atoms with Crippen molar-refractivity contribution in [3.63, 3.8) is 0 Å². The molecule has 0 aromatic heterocycles. The summed E-state index contributed by atoms with van der Waals surface area (Å²) in [6.07, 6.45) is 0.854. The zero-order chi connectivity index (χ0) is 13.8. The second-order valence-electron chi connectivity index (χ2n) is 4.66. The summed E-state index contributed by atoms with van der Waals surface area (Å²) in [7, 11) is 0. The second kappa shape index (κ2) is 6.04. The summed E-state index contributed by atoms with van der Waals surface area (Å²) in [6, 6.07) is 4.73. The van der Waals surface area contributed by atoms with Crippen molar-refractivity contribution < 1.29 is 14.6 Å². The van der Waals surface area contributed by atoms with Crippen molar-refractivity contribution >= 4 is 11.7 Å². The average molecular weight is 264 g/mol. The highest BCUT2D eigenvalue weighted by Crippen LogP contribution is 2.25. The van der Waals surface area contributed by atoms with Crippen molar-refractivity contribution in [2.75, 3.05) is 31.2 Å². The Hall–Kier alpha value is -1.59. The van der Waals surface area contributed by atoms with Crippen LogP contribution in [0, 0.1) is 0 Å². The van der Waals surface area contributed by atoms with E-state index in [-0.39, 0.29) is 0 Å². The van der Waals surface area contributed by atoms with Gasteiger partial charge in [-0.1, -0.05) is 19.1 Å². The normalized spacial score (nSPS) is 17.3. The second-order valence-corrected chi connectivity index (χ2v) is 4.66. The van der Waals surface area contributed by atoms with Crippen molar-refractivity contribution in [1.29, 1.82) is 0 Å². The van der Waals surface area contributed by atoms with Crippen LogP contribution < -0.4 is 10.6 Å². The van der Waals surface area contributed by atoms with E-state index in [1.807, 2.05) is 18.2 Å². The number of ether oxygens (including phenoxy) is 1. The molecule has 1 aliphatic rings. The molecule has 1 fully saturated rings. The number of hydrogen-bond acceptors (Lipinski definition) is 4. The molecule has 0 bridgehead atoms. The van der Waals surface area contributed by atoms with Gasteiger partial charge in [0.1, 0.15) is 6.04 Å². The van der Waals surface area contributed by atoms with E-state index in [4.69, 9.17) is 15.6 Å². The van der Waals surface area contributed by atoms with Gasteiger partial charge >= 0.3 is 5.97 Å². The fourth-order valence-electron chi connectivity index (χ4n) is 2.34. The van der Waals surface area contributed by atoms with E-state index in [9.17, 15) is 4.79 Å². The van der Waals surface area contributed by atoms with E-state index in [0.29, 0.717) is 5.56 Å². The number of carbonyl (C=O) groups is 1. The monoisotopic (exact) mass is 264 g/mol. The van der Waals surface area contributed by atoms with Gasteiger partial charge in [-0.05, 0) is 23.6 Å². The third-order valence-corrected chi connectivity index (χ3v) is 3.46. The Bertz CT molecular complexity index is 456. The standard InChI is InChI=1S/C14H20N2O3/c1-2-10-9-11(13(15)14(17)18)3-4-12(10)16-5-7-19-8-6-16/h3-4,9,13H,2,5-8,15H2,1H3,(H,17,18)/t13-/m0/s1. The molecule has 19 heavy (non-hydrogen) atoms. The number of anilines is 1. The van der Waals surface area contributed by atoms with Crippen LogP contribution in [-0.4, -0.2) is 37.4 Å². The third-order valence-electron chi connectivity index (χ3n) is 3.46. The molecule has 104 valence electrons. The Labute approximate surface area is 113 Å². The van der Waals surface area contributed by atoms with Crippen molar-refractivity contribution in [3.05, 3.63) is 29.3 Å². The summed E-state index contributed by atoms with van der Waals surface area (Å²) in [5.74, 6) is -0.999. The molecular formula is C14H20N2O3. The predicted molar refractivity (Wildman–Crippen MR) is 73.4 cm³/mol. The number of nitrogens with two attached hydrogens (primary N) is 1. The molecule has 1 atom stereocenters. The van der Waals surface area contributed by atoms with Crippen LogP contribution in [-0.2, 0) is 16.0 Å². The number of aryl methyl sites for hydroxylation is 1. The van der Waals surface area contributed by atoms with Crippen LogP contribution in [0.5, 0.6) is 0 Å². The zero-order valence-electron chi connectivity index (χ0n) is 11.1. The van der Waals surface area contributed by atoms with Crippen LogP contribution in [0.4, 0.5) is 5.69 Å². The lowest BCUT2D eigenvalue weighted by molar-refractivity contribution is -0.138. The maximum absolute atomic E-state index is 10.9. The molecule has 1 aromatic carbocycles. The number of nitrogens with zero attached hydrogens (tertiary/aromatic N) is 1. The highest BCUT2D eigenvalue weighted by atomic mass is 16.5. The van der Waals surface area contributed by atoms with Gasteiger partial charge in [0, 0.05) is 18.8 Å². The number of rotatable bonds is 4. The van der Waals surface area contributed by atoms with E-state index in [1.54, 1.807) is 0 Å². The molecule has 0 aliphatic carbocycles. The van der Waals surface area contributed by atoms with E-state index in [1.165, 1.54) is 0 Å². The van der Waals surface area contributed by atoms with E-state index in [0.717, 1.165) is 44.0 Å². The van der Waals surface area contributed by atoms with Crippen molar-refractivity contribution in [2.45, 2.75) is 19.4 Å². The van der Waals surface area contributed by atoms with Gasteiger partial charge < -0.3 is 20.5 Å². The Morgan fingerprint density at radius 2 is 2.16 bits per heavy atom. The highest BCUT2D eigenvalue weighted by Gasteiger charge is 2.18. The molecule has 0 saturated carbocycles. The number of aliphatic carboxylic acids is 1. The molecule has 0 amide bonds. The van der Waals surface area contributed by atoms with Crippen molar-refractivity contribution in [2.24, 2.45) is 5.73 Å². The molecule has 0 unspecified atom stereocenters. The van der Waals surface area contributed by atoms with Crippen LogP contribution in [0.1, 0.15) is 24.1 Å². The fourth-order valence-corrected chi connectivity index (χ4v) is 2.34. The van der Waals surface area contributed by atoms with Crippen LogP contribution >= 0.6 is 0 Å². The topological polar surface area (TPSA) is 75.8 Å². The van der Waals surface area contributed by atoms with Gasteiger partial charge in [0.25, 0.3) is 0 Å². The maximum atomic E-state index is 10.9. The van der Waals surface area contributed by atoms with Gasteiger partial charge in [-0.15, -0.1) is 0 Å². The first-order chi connectivity index (χ1) is 9.13. The summed E-state index contributed by atoms with van der Waals surface area (Å²) < 4.78 is 5.35. The molecule has 3 N–H and O–H groups in total. The minimum absolute atomic E-state index is 0.654. The summed E-state index contributed by atoms with van der Waals surface area (Å²) in [4.78, 5) is 13.2. The maximum Gasteiger partial charge on any atom is 0.325 e. The van der Waals surface area contributed by atoms with Gasteiger partial charge in [0.2, 0.25) is 0 Å². The lowest BCUT2D eigenvalue weighted by Gasteiger charge is -2.31. The Balaban J connectivity index is 2.27. The number of carboxylic acids is 1. The number of benzene rings is 1. The molecular weight excluding hydrogens is 244 g/mol. The van der Waals surface area contributed by atoms with Crippen LogP contribution in [0.3, 0.4) is 0 Å². The summed E-state index contributed by atoms with van der Waals surface area (Å²) in [5.41, 5.74) is 8.61. The third kappa shape index (κ3) is 3.05. The molecule has 0 spiro atoms. The molecule has 5 nitrogen and oxygen atoms in total. The summed E-state index contributed by atoms with van der Waals surface area (Å²) in [6.45, 7) is 5.28. The summed E-state index contributed by atoms with van der Waals surface area (Å²) >= 11 is 0. The molecule has 0 radical (unpaired) electrons. The lowest BCUT2D eigenvalue weighted by Crippen LogP contribution is -2.36. The van der Waals surface area contributed by atoms with Gasteiger partial charge in [0.15, 0.2) is 0 Å². The molecule has 2 rings (SSSR count). The highest BCUT2D eigenvalue weighted by molar-refractivity contribution is 5.75. The first kappa shape index (κ1) is 13.8. The number of morpholine rings is 1. The van der Waals surface area contributed by atoms with Crippen molar-refractivity contribution in [1.82, 2.24) is 0 Å². The van der Waals surface area contributed by atoms with Gasteiger partial charge in [-0.3, -0.25) is 4.79 Å². The Kier molecular flexibility index (Phi) is 4.39. The van der Waals surface area contributed by atoms with E-state index >= 15 is 0 Å². The van der Waals surface area contributed by atoms with Crippen LogP contribution in [0.25, 0.3) is 0 Å². The fraction of sp³-hybridized carbons (Fsp3) is 0.500. The molecule has 1 aromatic rings. The van der Waals surface area contributed by atoms with Gasteiger partial charge in [0.05, 0.1) is 13.2 Å². The minimum Gasteiger partial charge on any atom is -0.480 e. The van der Waals surface area contributed by atoms with E-state index < -0.39 is 12.0 Å². The average Bonchev–Trinajstić information content (AvgIpc) is 2.46. The Morgan fingerprint density at radius 1 is 1.47 bits per heavy atom. The number of carboxylic acid groups (broad SMARTS) is 1. The molecule has 1 saturated heterocycles. The molecule has 1 aliphatic heterocycles. The molecule has 5 heteroatoms. The zero-order valence-corrected chi connectivity index (χ0v) is 11.1. The van der Waals surface area contributed by atoms with Crippen molar-refractivity contribution in [3.8, 4) is 0 Å². The molecule has 1 heterocycles. The quantitative estimate of drug-likeness (QED) is 0.853. The van der Waals surface area contributed by atoms with Crippen LogP contribution in [0.2, 0.25) is 0 Å². The SMILES string of the molecule is CCc1cc([C@H](N)C(=O)O)ccc1N1CCOCC1. The first-order valence-corrected chi connectivity index (χ1v) is 6.57. The van der Waals surface area contributed by atoms with Crippen LogP contribution in [0.15, 0.2) is 18.2 Å². The minimum atomic E-state index is -0.999. The predicted octanol–water partition coefficient (Wildman–Crippen LogP) is 1.17.